The first-order chi connectivity index (χ1) is 15.3. The van der Waals surface area contributed by atoms with Gasteiger partial charge in [-0.1, -0.05) is 122 Å². The first-order valence-corrected chi connectivity index (χ1v) is 13.4. The molecular formula is C29H50O2. The Morgan fingerprint density at radius 1 is 0.548 bits per heavy atom. The molecule has 0 radical (unpaired) electrons. The zero-order valence-electron chi connectivity index (χ0n) is 20.9. The second kappa shape index (κ2) is 26.6. The van der Waals surface area contributed by atoms with E-state index in [4.69, 9.17) is 4.74 Å². The molecule has 178 valence electrons. The number of hydrogen-bond donors (Lipinski definition) is 0. The number of rotatable bonds is 21. The molecule has 31 heavy (non-hydrogen) atoms. The molecule has 0 aliphatic heterocycles. The Balaban J connectivity index is 3.34. The van der Waals surface area contributed by atoms with Gasteiger partial charge >= 0.3 is 5.97 Å². The Bertz CT molecular complexity index is 500. The van der Waals surface area contributed by atoms with Gasteiger partial charge in [0.05, 0.1) is 6.61 Å². The molecule has 2 nitrogen and oxygen atoms in total. The fraction of sp³-hybridized carbons (Fsp3) is 0.828. The summed E-state index contributed by atoms with van der Waals surface area (Å²) in [5.74, 6) is 12.0. The smallest absolute Gasteiger partial charge is 0.305 e. The molecule has 0 saturated heterocycles. The number of unbranched alkanes of at least 4 members (excludes halogenated alkanes) is 17. The lowest BCUT2D eigenvalue weighted by atomic mass is 10.1. The highest BCUT2D eigenvalue weighted by Crippen LogP contribution is 2.12. The summed E-state index contributed by atoms with van der Waals surface area (Å²) in [5.41, 5.74) is 0. The summed E-state index contributed by atoms with van der Waals surface area (Å²) in [6, 6.07) is 0. The van der Waals surface area contributed by atoms with Gasteiger partial charge in [0, 0.05) is 19.3 Å². The summed E-state index contributed by atoms with van der Waals surface area (Å²) >= 11 is 0. The maximum absolute atomic E-state index is 11.7. The summed E-state index contributed by atoms with van der Waals surface area (Å²) < 4.78 is 5.29. The molecule has 0 spiro atoms. The van der Waals surface area contributed by atoms with Gasteiger partial charge < -0.3 is 4.74 Å². The van der Waals surface area contributed by atoms with Crippen LogP contribution in [0.2, 0.25) is 0 Å². The highest BCUT2D eigenvalue weighted by molar-refractivity contribution is 5.69. The molecule has 0 rings (SSSR count). The van der Waals surface area contributed by atoms with E-state index in [1.165, 1.54) is 96.3 Å². The van der Waals surface area contributed by atoms with Crippen LogP contribution in [0.5, 0.6) is 0 Å². The number of ether oxygens (including phenoxy) is 1. The van der Waals surface area contributed by atoms with Crippen LogP contribution in [-0.2, 0) is 9.53 Å². The van der Waals surface area contributed by atoms with E-state index in [1.807, 2.05) is 0 Å². The highest BCUT2D eigenvalue weighted by Gasteiger charge is 2.02. The van der Waals surface area contributed by atoms with Gasteiger partial charge in [0.25, 0.3) is 0 Å². The van der Waals surface area contributed by atoms with Gasteiger partial charge in [-0.2, -0.15) is 0 Å². The largest absolute Gasteiger partial charge is 0.466 e. The van der Waals surface area contributed by atoms with Crippen LogP contribution in [-0.4, -0.2) is 12.6 Å². The molecule has 0 aromatic heterocycles. The van der Waals surface area contributed by atoms with Crippen molar-refractivity contribution in [1.29, 1.82) is 0 Å². The minimum Gasteiger partial charge on any atom is -0.466 e. The molecule has 0 aliphatic rings. The fourth-order valence-electron chi connectivity index (χ4n) is 3.56. The van der Waals surface area contributed by atoms with E-state index in [9.17, 15) is 4.79 Å². The van der Waals surface area contributed by atoms with Crippen molar-refractivity contribution in [2.45, 2.75) is 149 Å². The number of carbonyl (C=O) groups excluding carboxylic acids is 1. The molecule has 0 amide bonds. The minimum absolute atomic E-state index is 0.0531. The Morgan fingerprint density at radius 2 is 0.968 bits per heavy atom. The standard InChI is InChI=1S/C29H50O2/c1-3-5-7-9-11-13-15-16-18-20-22-24-26-28-31-29(30)27-25-23-21-19-17-14-12-10-8-6-4-2/h3-15,17,19,21,23-28H2,1-2H3. The van der Waals surface area contributed by atoms with Crippen molar-refractivity contribution in [3.63, 3.8) is 0 Å². The lowest BCUT2D eigenvalue weighted by Crippen LogP contribution is -2.05. The quantitative estimate of drug-likeness (QED) is 0.103. The predicted octanol–water partition coefficient (Wildman–Crippen LogP) is 8.77. The van der Waals surface area contributed by atoms with Gasteiger partial charge in [0.2, 0.25) is 0 Å². The Labute approximate surface area is 194 Å². The normalized spacial score (nSPS) is 10.1. The van der Waals surface area contributed by atoms with Gasteiger partial charge in [-0.3, -0.25) is 4.79 Å². The topological polar surface area (TPSA) is 26.3 Å². The third-order valence-electron chi connectivity index (χ3n) is 5.59. The van der Waals surface area contributed by atoms with Crippen molar-refractivity contribution in [1.82, 2.24) is 0 Å². The van der Waals surface area contributed by atoms with Crippen molar-refractivity contribution in [2.75, 3.05) is 6.61 Å². The summed E-state index contributed by atoms with van der Waals surface area (Å²) in [6.45, 7) is 4.99. The van der Waals surface area contributed by atoms with E-state index in [0.717, 1.165) is 32.1 Å². The molecule has 0 N–H and O–H groups in total. The molecule has 0 unspecified atom stereocenters. The predicted molar refractivity (Wildman–Crippen MR) is 135 cm³/mol. The van der Waals surface area contributed by atoms with Crippen molar-refractivity contribution in [3.8, 4) is 23.7 Å². The first-order valence-electron chi connectivity index (χ1n) is 13.4. The summed E-state index contributed by atoms with van der Waals surface area (Å²) in [5, 5.41) is 0. The second-order valence-electron chi connectivity index (χ2n) is 8.73. The molecular weight excluding hydrogens is 380 g/mol. The van der Waals surface area contributed by atoms with Crippen LogP contribution in [0.15, 0.2) is 0 Å². The molecule has 0 fully saturated rings. The van der Waals surface area contributed by atoms with Gasteiger partial charge in [-0.05, 0) is 31.1 Å². The molecule has 0 atom stereocenters. The maximum Gasteiger partial charge on any atom is 0.305 e. The lowest BCUT2D eigenvalue weighted by molar-refractivity contribution is -0.143. The van der Waals surface area contributed by atoms with Crippen molar-refractivity contribution < 1.29 is 9.53 Å². The van der Waals surface area contributed by atoms with E-state index in [-0.39, 0.29) is 5.97 Å². The monoisotopic (exact) mass is 430 g/mol. The number of carbonyl (C=O) groups is 1. The molecule has 0 bridgehead atoms. The van der Waals surface area contributed by atoms with Crippen LogP contribution < -0.4 is 0 Å². The van der Waals surface area contributed by atoms with Crippen LogP contribution in [0.1, 0.15) is 149 Å². The maximum atomic E-state index is 11.7. The SMILES string of the molecule is CCCCCCCCC#CC#CCCCOC(=O)CCCCCCCCCCCCC. The van der Waals surface area contributed by atoms with E-state index in [1.54, 1.807) is 0 Å². The van der Waals surface area contributed by atoms with Crippen LogP contribution in [0.4, 0.5) is 0 Å². The van der Waals surface area contributed by atoms with Gasteiger partial charge in [-0.25, -0.2) is 0 Å². The van der Waals surface area contributed by atoms with Crippen LogP contribution in [0, 0.1) is 23.7 Å². The van der Waals surface area contributed by atoms with Gasteiger partial charge in [0.15, 0.2) is 0 Å². The Morgan fingerprint density at radius 3 is 1.48 bits per heavy atom. The zero-order chi connectivity index (χ0) is 22.7. The minimum atomic E-state index is -0.0531. The fourth-order valence-corrected chi connectivity index (χ4v) is 3.56. The molecule has 2 heteroatoms. The Kier molecular flexibility index (Phi) is 25.4. The van der Waals surface area contributed by atoms with Crippen LogP contribution >= 0.6 is 0 Å². The van der Waals surface area contributed by atoms with Crippen molar-refractivity contribution in [2.24, 2.45) is 0 Å². The lowest BCUT2D eigenvalue weighted by Gasteiger charge is -2.04. The number of hydrogen-bond acceptors (Lipinski definition) is 2. The van der Waals surface area contributed by atoms with E-state index in [2.05, 4.69) is 37.5 Å². The zero-order valence-corrected chi connectivity index (χ0v) is 20.9. The molecule has 0 heterocycles. The summed E-state index contributed by atoms with van der Waals surface area (Å²) in [4.78, 5) is 11.7. The average Bonchev–Trinajstić information content (AvgIpc) is 2.77. The van der Waals surface area contributed by atoms with E-state index in [0.29, 0.717) is 13.0 Å². The molecule has 0 saturated carbocycles. The summed E-state index contributed by atoms with van der Waals surface area (Å²) in [7, 11) is 0. The van der Waals surface area contributed by atoms with Crippen molar-refractivity contribution >= 4 is 5.97 Å². The summed E-state index contributed by atoms with van der Waals surface area (Å²) in [6.07, 6.45) is 25.2. The first kappa shape index (κ1) is 29.6. The average molecular weight is 431 g/mol. The highest BCUT2D eigenvalue weighted by atomic mass is 16.5. The van der Waals surface area contributed by atoms with Crippen LogP contribution in [0.3, 0.4) is 0 Å². The molecule has 0 aromatic rings. The van der Waals surface area contributed by atoms with Gasteiger partial charge in [0.1, 0.15) is 0 Å². The van der Waals surface area contributed by atoms with Crippen molar-refractivity contribution in [3.05, 3.63) is 0 Å². The third-order valence-corrected chi connectivity index (χ3v) is 5.59. The number of esters is 1. The van der Waals surface area contributed by atoms with Gasteiger partial charge in [-0.15, -0.1) is 0 Å². The molecule has 0 aromatic carbocycles. The Hall–Kier alpha value is -1.41. The second-order valence-corrected chi connectivity index (χ2v) is 8.73. The van der Waals surface area contributed by atoms with E-state index < -0.39 is 0 Å². The van der Waals surface area contributed by atoms with E-state index >= 15 is 0 Å². The molecule has 0 aliphatic carbocycles. The third kappa shape index (κ3) is 26.6. The van der Waals surface area contributed by atoms with Crippen LogP contribution in [0.25, 0.3) is 0 Å².